The quantitative estimate of drug-likeness (QED) is 0.302. The maximum absolute atomic E-state index is 13.0. The number of amides is 1. The van der Waals surface area contributed by atoms with Gasteiger partial charge in [0.15, 0.2) is 4.34 Å². The van der Waals surface area contributed by atoms with E-state index in [2.05, 4.69) is 34.3 Å². The highest BCUT2D eigenvalue weighted by Crippen LogP contribution is 2.26. The van der Waals surface area contributed by atoms with E-state index in [1.54, 1.807) is 42.1 Å². The summed E-state index contributed by atoms with van der Waals surface area (Å²) in [4.78, 5) is 15.0. The molecule has 0 bridgehead atoms. The topological polar surface area (TPSA) is 67.4 Å². The SMILES string of the molecule is CCN(CC)CCSc1nnc(NC(=O)c2ccc(OCc3ccc(F)cc3)c(C)c2)s1. The number of rotatable bonds is 11. The van der Waals surface area contributed by atoms with Crippen LogP contribution in [-0.4, -0.2) is 46.4 Å². The van der Waals surface area contributed by atoms with Crippen LogP contribution in [0.1, 0.15) is 35.3 Å². The third kappa shape index (κ3) is 7.01. The molecule has 0 aliphatic heterocycles. The summed E-state index contributed by atoms with van der Waals surface area (Å²) in [6.45, 7) is 9.57. The smallest absolute Gasteiger partial charge is 0.257 e. The minimum absolute atomic E-state index is 0.242. The van der Waals surface area contributed by atoms with Crippen molar-refractivity contribution in [3.8, 4) is 5.75 Å². The first kappa shape index (κ1) is 24.2. The van der Waals surface area contributed by atoms with Gasteiger partial charge in [-0.2, -0.15) is 0 Å². The van der Waals surface area contributed by atoms with E-state index in [9.17, 15) is 9.18 Å². The van der Waals surface area contributed by atoms with E-state index < -0.39 is 0 Å². The van der Waals surface area contributed by atoms with Crippen LogP contribution in [-0.2, 0) is 6.61 Å². The highest BCUT2D eigenvalue weighted by Gasteiger charge is 2.13. The zero-order valence-electron chi connectivity index (χ0n) is 18.4. The van der Waals surface area contributed by atoms with E-state index in [1.807, 2.05) is 6.92 Å². The zero-order valence-corrected chi connectivity index (χ0v) is 20.1. The largest absolute Gasteiger partial charge is 0.489 e. The lowest BCUT2D eigenvalue weighted by molar-refractivity contribution is 0.102. The van der Waals surface area contributed by atoms with Gasteiger partial charge in [-0.1, -0.05) is 49.1 Å². The predicted octanol–water partition coefficient (Wildman–Crippen LogP) is 5.25. The monoisotopic (exact) mass is 474 g/mol. The van der Waals surface area contributed by atoms with Crippen molar-refractivity contribution in [2.24, 2.45) is 0 Å². The maximum atomic E-state index is 13.0. The van der Waals surface area contributed by atoms with Crippen molar-refractivity contribution < 1.29 is 13.9 Å². The molecule has 6 nitrogen and oxygen atoms in total. The normalized spacial score (nSPS) is 11.0. The molecule has 3 rings (SSSR count). The molecule has 1 heterocycles. The van der Waals surface area contributed by atoms with Crippen molar-refractivity contribution in [2.75, 3.05) is 30.7 Å². The van der Waals surface area contributed by atoms with Gasteiger partial charge >= 0.3 is 0 Å². The van der Waals surface area contributed by atoms with Crippen LogP contribution in [0.2, 0.25) is 0 Å². The number of hydrogen-bond donors (Lipinski definition) is 1. The van der Waals surface area contributed by atoms with Crippen LogP contribution in [0.15, 0.2) is 46.8 Å². The van der Waals surface area contributed by atoms with Gasteiger partial charge in [0.25, 0.3) is 5.91 Å². The maximum Gasteiger partial charge on any atom is 0.257 e. The molecule has 1 N–H and O–H groups in total. The summed E-state index contributed by atoms with van der Waals surface area (Å²) in [5.41, 5.74) is 2.22. The summed E-state index contributed by atoms with van der Waals surface area (Å²) in [6, 6.07) is 11.4. The lowest BCUT2D eigenvalue weighted by Gasteiger charge is -2.16. The molecule has 2 aromatic carbocycles. The van der Waals surface area contributed by atoms with E-state index in [4.69, 9.17) is 4.74 Å². The van der Waals surface area contributed by atoms with Gasteiger partial charge in [0.2, 0.25) is 5.13 Å². The van der Waals surface area contributed by atoms with Crippen molar-refractivity contribution in [2.45, 2.75) is 31.7 Å². The second kappa shape index (κ2) is 11.9. The standard InChI is InChI=1S/C23H27FN4O2S2/c1-4-28(5-2)12-13-31-23-27-26-22(32-23)25-21(29)18-8-11-20(16(3)14-18)30-15-17-6-9-19(24)10-7-17/h6-11,14H,4-5,12-13,15H2,1-3H3,(H,25,26,29). The summed E-state index contributed by atoms with van der Waals surface area (Å²) in [5, 5.41) is 11.5. The highest BCUT2D eigenvalue weighted by atomic mass is 32.2. The number of nitrogens with zero attached hydrogens (tertiary/aromatic N) is 3. The van der Waals surface area contributed by atoms with Crippen molar-refractivity contribution in [3.05, 3.63) is 65.0 Å². The first-order valence-corrected chi connectivity index (χ1v) is 12.3. The Bertz CT molecular complexity index is 1020. The van der Waals surface area contributed by atoms with Gasteiger partial charge in [-0.3, -0.25) is 10.1 Å². The number of thioether (sulfide) groups is 1. The molecular formula is C23H27FN4O2S2. The van der Waals surface area contributed by atoms with Crippen molar-refractivity contribution >= 4 is 34.1 Å². The van der Waals surface area contributed by atoms with Gasteiger partial charge in [-0.25, -0.2) is 4.39 Å². The van der Waals surface area contributed by atoms with E-state index in [0.29, 0.717) is 23.1 Å². The second-order valence-electron chi connectivity index (χ2n) is 7.10. The van der Waals surface area contributed by atoms with Crippen molar-refractivity contribution in [3.63, 3.8) is 0 Å². The number of aromatic nitrogens is 2. The average Bonchev–Trinajstić information content (AvgIpc) is 3.24. The minimum Gasteiger partial charge on any atom is -0.489 e. The summed E-state index contributed by atoms with van der Waals surface area (Å²) < 4.78 is 19.7. The molecule has 0 spiro atoms. The van der Waals surface area contributed by atoms with Gasteiger partial charge in [-0.15, -0.1) is 10.2 Å². The number of carbonyl (C=O) groups excluding carboxylic acids is 1. The van der Waals surface area contributed by atoms with Gasteiger partial charge in [0.05, 0.1) is 0 Å². The van der Waals surface area contributed by atoms with Crippen LogP contribution in [0.4, 0.5) is 9.52 Å². The number of halogens is 1. The van der Waals surface area contributed by atoms with Crippen LogP contribution in [0.3, 0.4) is 0 Å². The Kier molecular flexibility index (Phi) is 9.01. The molecule has 9 heteroatoms. The van der Waals surface area contributed by atoms with Gasteiger partial charge < -0.3 is 9.64 Å². The Hall–Kier alpha value is -2.49. The number of nitrogens with one attached hydrogen (secondary N) is 1. The van der Waals surface area contributed by atoms with Gasteiger partial charge in [0, 0.05) is 17.9 Å². The Morgan fingerprint density at radius 3 is 2.59 bits per heavy atom. The van der Waals surface area contributed by atoms with Crippen molar-refractivity contribution in [1.82, 2.24) is 15.1 Å². The third-order valence-corrected chi connectivity index (χ3v) is 6.85. The van der Waals surface area contributed by atoms with E-state index >= 15 is 0 Å². The Morgan fingerprint density at radius 2 is 1.91 bits per heavy atom. The summed E-state index contributed by atoms with van der Waals surface area (Å²) in [6.07, 6.45) is 0. The first-order chi connectivity index (χ1) is 15.5. The predicted molar refractivity (Wildman–Crippen MR) is 128 cm³/mol. The van der Waals surface area contributed by atoms with Crippen molar-refractivity contribution in [1.29, 1.82) is 0 Å². The molecule has 32 heavy (non-hydrogen) atoms. The third-order valence-electron chi connectivity index (χ3n) is 4.90. The number of anilines is 1. The van der Waals surface area contributed by atoms with Crippen LogP contribution in [0.25, 0.3) is 0 Å². The Morgan fingerprint density at radius 1 is 1.16 bits per heavy atom. The average molecular weight is 475 g/mol. The molecule has 0 saturated carbocycles. The fraction of sp³-hybridized carbons (Fsp3) is 0.348. The second-order valence-corrected chi connectivity index (χ2v) is 9.42. The molecule has 0 radical (unpaired) electrons. The lowest BCUT2D eigenvalue weighted by atomic mass is 10.1. The van der Waals surface area contributed by atoms with Gasteiger partial charge in [-0.05, 0) is 61.5 Å². The fourth-order valence-electron chi connectivity index (χ4n) is 2.98. The molecule has 0 aliphatic rings. The molecule has 170 valence electrons. The number of ether oxygens (including phenoxy) is 1. The summed E-state index contributed by atoms with van der Waals surface area (Å²) in [5.74, 6) is 1.09. The summed E-state index contributed by atoms with van der Waals surface area (Å²) >= 11 is 3.02. The van der Waals surface area contributed by atoms with Crippen LogP contribution < -0.4 is 10.1 Å². The molecule has 0 aliphatic carbocycles. The molecule has 0 fully saturated rings. The number of carbonyl (C=O) groups is 1. The Labute approximate surface area is 196 Å². The lowest BCUT2D eigenvalue weighted by Crippen LogP contribution is -2.25. The number of aryl methyl sites for hydroxylation is 1. The molecule has 3 aromatic rings. The van der Waals surface area contributed by atoms with E-state index in [1.165, 1.54) is 23.5 Å². The van der Waals surface area contributed by atoms with Crippen LogP contribution in [0.5, 0.6) is 5.75 Å². The summed E-state index contributed by atoms with van der Waals surface area (Å²) in [7, 11) is 0. The van der Waals surface area contributed by atoms with Crippen LogP contribution in [0, 0.1) is 12.7 Å². The van der Waals surface area contributed by atoms with Gasteiger partial charge in [0.1, 0.15) is 18.2 Å². The highest BCUT2D eigenvalue weighted by molar-refractivity contribution is 8.01. The zero-order chi connectivity index (χ0) is 22.9. The first-order valence-electron chi connectivity index (χ1n) is 10.5. The van der Waals surface area contributed by atoms with Crippen LogP contribution >= 0.6 is 23.1 Å². The fourth-order valence-corrected chi connectivity index (χ4v) is 4.80. The molecule has 0 saturated heterocycles. The Balaban J connectivity index is 1.52. The molecule has 0 unspecified atom stereocenters. The molecular weight excluding hydrogens is 447 g/mol. The van der Waals surface area contributed by atoms with E-state index in [-0.39, 0.29) is 11.7 Å². The van der Waals surface area contributed by atoms with E-state index in [0.717, 1.165) is 40.9 Å². The molecule has 1 aromatic heterocycles. The number of benzene rings is 2. The minimum atomic E-state index is -0.277. The molecule has 0 atom stereocenters. The number of hydrogen-bond acceptors (Lipinski definition) is 7. The molecule has 1 amide bonds.